The Balaban J connectivity index is 1.38. The fourth-order valence-electron chi connectivity index (χ4n) is 4.22. The maximum absolute atomic E-state index is 13.1. The molecule has 1 aliphatic heterocycles. The zero-order valence-corrected chi connectivity index (χ0v) is 22.9. The van der Waals surface area contributed by atoms with Crippen molar-refractivity contribution in [2.75, 3.05) is 43.3 Å². The second-order valence-electron chi connectivity index (χ2n) is 8.92. The Bertz CT molecular complexity index is 1330. The minimum absolute atomic E-state index is 0.00862. The van der Waals surface area contributed by atoms with Crippen LogP contribution in [0, 0.1) is 0 Å². The molecule has 3 aromatic rings. The molecule has 194 valence electrons. The first-order valence-corrected chi connectivity index (χ1v) is 14.6. The van der Waals surface area contributed by atoms with E-state index in [9.17, 15) is 13.2 Å². The summed E-state index contributed by atoms with van der Waals surface area (Å²) in [5.41, 5.74) is 2.65. The minimum atomic E-state index is -3.63. The standard InChI is InChI=1S/C28H29Cl2N3O3S/c1-37(35,36)33(21-25-26(29)10-5-11-27(25)30)24-14-12-23(13-15-24)28(34)32-19-17-31(18-20-32)16-6-9-22-7-3-2-4-8-22/h2-15H,16-21H2,1H3/b9-6+. The van der Waals surface area contributed by atoms with Crippen molar-refractivity contribution >= 4 is 50.9 Å². The number of sulfonamides is 1. The molecule has 0 aromatic heterocycles. The van der Waals surface area contributed by atoms with Crippen molar-refractivity contribution in [1.29, 1.82) is 0 Å². The van der Waals surface area contributed by atoms with Crippen LogP contribution in [-0.4, -0.2) is 63.1 Å². The Morgan fingerprint density at radius 2 is 1.51 bits per heavy atom. The summed E-state index contributed by atoms with van der Waals surface area (Å²) in [6.07, 6.45) is 5.39. The number of amides is 1. The third-order valence-electron chi connectivity index (χ3n) is 6.30. The number of carbonyl (C=O) groups is 1. The van der Waals surface area contributed by atoms with Gasteiger partial charge in [-0.1, -0.05) is 71.8 Å². The van der Waals surface area contributed by atoms with E-state index in [1.165, 1.54) is 9.87 Å². The second kappa shape index (κ2) is 12.1. The molecule has 0 radical (unpaired) electrons. The molecule has 1 fully saturated rings. The number of rotatable bonds is 8. The van der Waals surface area contributed by atoms with E-state index in [-0.39, 0.29) is 12.5 Å². The fraction of sp³-hybridized carbons (Fsp3) is 0.250. The van der Waals surface area contributed by atoms with Crippen LogP contribution < -0.4 is 4.31 Å². The second-order valence-corrected chi connectivity index (χ2v) is 11.6. The van der Waals surface area contributed by atoms with Gasteiger partial charge >= 0.3 is 0 Å². The van der Waals surface area contributed by atoms with E-state index in [1.54, 1.807) is 42.5 Å². The Kier molecular flexibility index (Phi) is 8.92. The molecule has 1 heterocycles. The molecule has 37 heavy (non-hydrogen) atoms. The number of anilines is 1. The van der Waals surface area contributed by atoms with E-state index in [2.05, 4.69) is 29.2 Å². The van der Waals surface area contributed by atoms with Gasteiger partial charge in [-0.2, -0.15) is 0 Å². The van der Waals surface area contributed by atoms with E-state index in [1.807, 2.05) is 23.1 Å². The van der Waals surface area contributed by atoms with Gasteiger partial charge in [0.1, 0.15) is 0 Å². The van der Waals surface area contributed by atoms with Crippen molar-refractivity contribution < 1.29 is 13.2 Å². The highest BCUT2D eigenvalue weighted by molar-refractivity contribution is 7.92. The quantitative estimate of drug-likeness (QED) is 0.370. The summed E-state index contributed by atoms with van der Waals surface area (Å²) in [7, 11) is -3.63. The predicted octanol–water partition coefficient (Wildman–Crippen LogP) is 5.43. The van der Waals surface area contributed by atoms with Gasteiger partial charge in [0.15, 0.2) is 0 Å². The average Bonchev–Trinajstić information content (AvgIpc) is 2.89. The van der Waals surface area contributed by atoms with Crippen LogP contribution in [-0.2, 0) is 16.6 Å². The minimum Gasteiger partial charge on any atom is -0.336 e. The Hall–Kier alpha value is -2.84. The highest BCUT2D eigenvalue weighted by Gasteiger charge is 2.24. The van der Waals surface area contributed by atoms with Crippen LogP contribution in [0.15, 0.2) is 78.9 Å². The predicted molar refractivity (Wildman–Crippen MR) is 152 cm³/mol. The molecule has 1 aliphatic rings. The van der Waals surface area contributed by atoms with Gasteiger partial charge < -0.3 is 4.90 Å². The topological polar surface area (TPSA) is 60.9 Å². The third kappa shape index (κ3) is 7.14. The summed E-state index contributed by atoms with van der Waals surface area (Å²) in [5, 5.41) is 0.783. The van der Waals surface area contributed by atoms with Crippen LogP contribution in [0.4, 0.5) is 5.69 Å². The van der Waals surface area contributed by atoms with Crippen molar-refractivity contribution in [3.63, 3.8) is 0 Å². The van der Waals surface area contributed by atoms with Crippen molar-refractivity contribution in [1.82, 2.24) is 9.80 Å². The van der Waals surface area contributed by atoms with Crippen molar-refractivity contribution in [2.24, 2.45) is 0 Å². The lowest BCUT2D eigenvalue weighted by atomic mass is 10.1. The zero-order valence-electron chi connectivity index (χ0n) is 20.6. The summed E-state index contributed by atoms with van der Waals surface area (Å²) < 4.78 is 26.4. The van der Waals surface area contributed by atoms with Gasteiger partial charge in [-0.15, -0.1) is 0 Å². The molecular formula is C28H29Cl2N3O3S. The number of hydrogen-bond acceptors (Lipinski definition) is 4. The largest absolute Gasteiger partial charge is 0.336 e. The number of halogens is 2. The van der Waals surface area contributed by atoms with Gasteiger partial charge in [0.2, 0.25) is 10.0 Å². The summed E-state index contributed by atoms with van der Waals surface area (Å²) in [4.78, 5) is 17.2. The summed E-state index contributed by atoms with van der Waals surface area (Å²) in [6, 6.07) is 21.8. The first-order chi connectivity index (χ1) is 17.7. The molecule has 0 N–H and O–H groups in total. The lowest BCUT2D eigenvalue weighted by Crippen LogP contribution is -2.48. The molecule has 0 aliphatic carbocycles. The lowest BCUT2D eigenvalue weighted by Gasteiger charge is -2.34. The summed E-state index contributed by atoms with van der Waals surface area (Å²) >= 11 is 12.5. The highest BCUT2D eigenvalue weighted by Crippen LogP contribution is 2.29. The maximum Gasteiger partial charge on any atom is 0.253 e. The molecule has 0 spiro atoms. The molecule has 6 nitrogen and oxygen atoms in total. The van der Waals surface area contributed by atoms with Crippen LogP contribution in [0.25, 0.3) is 6.08 Å². The number of hydrogen-bond donors (Lipinski definition) is 0. The van der Waals surface area contributed by atoms with Gasteiger partial charge in [0.25, 0.3) is 5.91 Å². The number of nitrogens with zero attached hydrogens (tertiary/aromatic N) is 3. The molecule has 3 aromatic carbocycles. The Labute approximate surface area is 228 Å². The Morgan fingerprint density at radius 1 is 0.892 bits per heavy atom. The van der Waals surface area contributed by atoms with Crippen LogP contribution >= 0.6 is 23.2 Å². The van der Waals surface area contributed by atoms with Gasteiger partial charge in [-0.25, -0.2) is 8.42 Å². The molecule has 0 bridgehead atoms. The molecular weight excluding hydrogens is 529 g/mol. The summed E-state index contributed by atoms with van der Waals surface area (Å²) in [5.74, 6) is -0.0638. The van der Waals surface area contributed by atoms with Crippen LogP contribution in [0.2, 0.25) is 10.0 Å². The van der Waals surface area contributed by atoms with E-state index < -0.39 is 10.0 Å². The monoisotopic (exact) mass is 557 g/mol. The molecule has 0 saturated carbocycles. The number of carbonyl (C=O) groups excluding carboxylic acids is 1. The van der Waals surface area contributed by atoms with Gasteiger partial charge in [-0.05, 0) is 42.0 Å². The molecule has 0 atom stereocenters. The molecule has 4 rings (SSSR count). The molecule has 1 amide bonds. The van der Waals surface area contributed by atoms with Gasteiger partial charge in [-0.3, -0.25) is 14.0 Å². The smallest absolute Gasteiger partial charge is 0.253 e. The number of benzene rings is 3. The van der Waals surface area contributed by atoms with Crippen LogP contribution in [0.5, 0.6) is 0 Å². The zero-order chi connectivity index (χ0) is 26.4. The van der Waals surface area contributed by atoms with Crippen LogP contribution in [0.3, 0.4) is 0 Å². The SMILES string of the molecule is CS(=O)(=O)N(Cc1c(Cl)cccc1Cl)c1ccc(C(=O)N2CCN(C/C=C/c3ccccc3)CC2)cc1. The van der Waals surface area contributed by atoms with Gasteiger partial charge in [0.05, 0.1) is 18.5 Å². The van der Waals surface area contributed by atoms with Crippen molar-refractivity contribution in [2.45, 2.75) is 6.54 Å². The Morgan fingerprint density at radius 3 is 2.11 bits per heavy atom. The normalized spacial score (nSPS) is 14.7. The van der Waals surface area contributed by atoms with Crippen molar-refractivity contribution in [3.05, 3.63) is 106 Å². The molecule has 1 saturated heterocycles. The van der Waals surface area contributed by atoms with Crippen LogP contribution in [0.1, 0.15) is 21.5 Å². The van der Waals surface area contributed by atoms with Gasteiger partial charge in [0, 0.05) is 53.9 Å². The van der Waals surface area contributed by atoms with Crippen molar-refractivity contribution in [3.8, 4) is 0 Å². The highest BCUT2D eigenvalue weighted by atomic mass is 35.5. The first kappa shape index (κ1) is 27.2. The van der Waals surface area contributed by atoms with E-state index in [0.29, 0.717) is 39.9 Å². The average molecular weight is 559 g/mol. The van der Waals surface area contributed by atoms with E-state index in [0.717, 1.165) is 25.9 Å². The first-order valence-electron chi connectivity index (χ1n) is 12.0. The number of piperazine rings is 1. The van der Waals surface area contributed by atoms with E-state index >= 15 is 0 Å². The fourth-order valence-corrected chi connectivity index (χ4v) is 5.60. The lowest BCUT2D eigenvalue weighted by molar-refractivity contribution is 0.0650. The molecule has 9 heteroatoms. The maximum atomic E-state index is 13.1. The van der Waals surface area contributed by atoms with E-state index in [4.69, 9.17) is 23.2 Å². The molecule has 0 unspecified atom stereocenters. The summed E-state index contributed by atoms with van der Waals surface area (Å²) in [6.45, 7) is 3.70. The third-order valence-corrected chi connectivity index (χ3v) is 8.15.